The maximum Gasteiger partial charge on any atom is 0.252 e. The van der Waals surface area contributed by atoms with Crippen molar-refractivity contribution in [2.45, 2.75) is 25.8 Å². The van der Waals surface area contributed by atoms with Crippen LogP contribution in [0.15, 0.2) is 18.2 Å². The highest BCUT2D eigenvalue weighted by Gasteiger charge is 2.14. The van der Waals surface area contributed by atoms with Crippen LogP contribution in [0.3, 0.4) is 0 Å². The number of nitrogens with one attached hydrogen (secondary N) is 1. The predicted octanol–water partition coefficient (Wildman–Crippen LogP) is 2.13. The van der Waals surface area contributed by atoms with Gasteiger partial charge in [0.05, 0.1) is 20.3 Å². The largest absolute Gasteiger partial charge is 0.497 e. The first-order valence-electron chi connectivity index (χ1n) is 6.08. The third-order valence-corrected chi connectivity index (χ3v) is 2.65. The van der Waals surface area contributed by atoms with Crippen molar-refractivity contribution in [1.82, 2.24) is 5.32 Å². The molecule has 102 valence electrons. The predicted molar refractivity (Wildman–Crippen MR) is 71.3 cm³/mol. The highest BCUT2D eigenvalue weighted by Crippen LogP contribution is 2.22. The SMILES string of the molecule is CCCC(C#N)NC(=O)c1cc(OC)cc(OC)c1. The van der Waals surface area contributed by atoms with Crippen LogP contribution in [0, 0.1) is 11.3 Å². The third-order valence-electron chi connectivity index (χ3n) is 2.65. The smallest absolute Gasteiger partial charge is 0.252 e. The van der Waals surface area contributed by atoms with E-state index in [1.54, 1.807) is 18.2 Å². The van der Waals surface area contributed by atoms with E-state index in [4.69, 9.17) is 14.7 Å². The molecule has 5 heteroatoms. The summed E-state index contributed by atoms with van der Waals surface area (Å²) < 4.78 is 10.2. The van der Waals surface area contributed by atoms with Gasteiger partial charge in [0.1, 0.15) is 17.5 Å². The van der Waals surface area contributed by atoms with Gasteiger partial charge in [-0.05, 0) is 18.6 Å². The van der Waals surface area contributed by atoms with E-state index in [0.29, 0.717) is 23.5 Å². The number of benzene rings is 1. The Balaban J connectivity index is 2.89. The molecule has 0 aliphatic carbocycles. The van der Waals surface area contributed by atoms with Crippen LogP contribution in [0.1, 0.15) is 30.1 Å². The molecule has 0 aromatic heterocycles. The van der Waals surface area contributed by atoms with Crippen LogP contribution in [0.4, 0.5) is 0 Å². The van der Waals surface area contributed by atoms with E-state index in [1.165, 1.54) is 14.2 Å². The summed E-state index contributed by atoms with van der Waals surface area (Å²) in [4.78, 5) is 12.1. The number of ether oxygens (including phenoxy) is 2. The lowest BCUT2D eigenvalue weighted by atomic mass is 10.1. The molecule has 1 aromatic carbocycles. The molecule has 0 spiro atoms. The van der Waals surface area contributed by atoms with Gasteiger partial charge >= 0.3 is 0 Å². The summed E-state index contributed by atoms with van der Waals surface area (Å²) in [5, 5.41) is 11.6. The van der Waals surface area contributed by atoms with Gasteiger partial charge in [0.15, 0.2) is 0 Å². The number of nitriles is 1. The molecule has 5 nitrogen and oxygen atoms in total. The minimum Gasteiger partial charge on any atom is -0.497 e. The summed E-state index contributed by atoms with van der Waals surface area (Å²) in [5.74, 6) is 0.763. The zero-order valence-corrected chi connectivity index (χ0v) is 11.4. The molecule has 1 atom stereocenters. The van der Waals surface area contributed by atoms with Crippen LogP contribution in [0.5, 0.6) is 11.5 Å². The van der Waals surface area contributed by atoms with E-state index < -0.39 is 6.04 Å². The maximum atomic E-state index is 12.1. The van der Waals surface area contributed by atoms with E-state index in [0.717, 1.165) is 6.42 Å². The number of nitrogens with zero attached hydrogens (tertiary/aromatic N) is 1. The fourth-order valence-corrected chi connectivity index (χ4v) is 1.64. The van der Waals surface area contributed by atoms with E-state index in [9.17, 15) is 4.79 Å². The molecular formula is C14H18N2O3. The van der Waals surface area contributed by atoms with Gasteiger partial charge in [0.2, 0.25) is 0 Å². The molecule has 1 unspecified atom stereocenters. The second-order valence-electron chi connectivity index (χ2n) is 4.05. The number of rotatable bonds is 6. The summed E-state index contributed by atoms with van der Waals surface area (Å²) in [6.45, 7) is 1.96. The fraction of sp³-hybridized carbons (Fsp3) is 0.429. The molecule has 0 bridgehead atoms. The number of hydrogen-bond acceptors (Lipinski definition) is 4. The molecule has 1 amide bonds. The molecule has 1 aromatic rings. The summed E-state index contributed by atoms with van der Waals surface area (Å²) in [6, 6.07) is 6.49. The Hall–Kier alpha value is -2.22. The van der Waals surface area contributed by atoms with Gasteiger partial charge in [-0.15, -0.1) is 0 Å². The lowest BCUT2D eigenvalue weighted by Crippen LogP contribution is -2.33. The van der Waals surface area contributed by atoms with Crippen molar-refractivity contribution in [1.29, 1.82) is 5.26 Å². The Morgan fingerprint density at radius 1 is 1.32 bits per heavy atom. The summed E-state index contributed by atoms with van der Waals surface area (Å²) in [7, 11) is 3.04. The van der Waals surface area contributed by atoms with Crippen LogP contribution in [0.2, 0.25) is 0 Å². The topological polar surface area (TPSA) is 71.4 Å². The fourth-order valence-electron chi connectivity index (χ4n) is 1.64. The third kappa shape index (κ3) is 4.18. The standard InChI is InChI=1S/C14H18N2O3/c1-4-5-11(9-15)16-14(17)10-6-12(18-2)8-13(7-10)19-3/h6-8,11H,4-5H2,1-3H3,(H,16,17). The van der Waals surface area contributed by atoms with Crippen LogP contribution in [-0.2, 0) is 0 Å². The van der Waals surface area contributed by atoms with Crippen LogP contribution in [0.25, 0.3) is 0 Å². The minimum absolute atomic E-state index is 0.308. The van der Waals surface area contributed by atoms with Gasteiger partial charge in [-0.25, -0.2) is 0 Å². The lowest BCUT2D eigenvalue weighted by Gasteiger charge is -2.12. The Kier molecular flexibility index (Phi) is 5.68. The van der Waals surface area contributed by atoms with Crippen LogP contribution >= 0.6 is 0 Å². The van der Waals surface area contributed by atoms with Gasteiger partial charge in [0, 0.05) is 11.6 Å². The molecular weight excluding hydrogens is 244 g/mol. The molecule has 0 fully saturated rings. The number of amides is 1. The van der Waals surface area contributed by atoms with E-state index in [-0.39, 0.29) is 5.91 Å². The average molecular weight is 262 g/mol. The van der Waals surface area contributed by atoms with Crippen molar-refractivity contribution >= 4 is 5.91 Å². The molecule has 0 aliphatic heterocycles. The summed E-state index contributed by atoms with van der Waals surface area (Å²) >= 11 is 0. The molecule has 19 heavy (non-hydrogen) atoms. The average Bonchev–Trinajstić information content (AvgIpc) is 2.45. The Morgan fingerprint density at radius 3 is 2.32 bits per heavy atom. The van der Waals surface area contributed by atoms with Crippen LogP contribution in [-0.4, -0.2) is 26.2 Å². The minimum atomic E-state index is -0.477. The van der Waals surface area contributed by atoms with Crippen molar-refractivity contribution in [2.24, 2.45) is 0 Å². The van der Waals surface area contributed by atoms with Crippen molar-refractivity contribution < 1.29 is 14.3 Å². The quantitative estimate of drug-likeness (QED) is 0.852. The van der Waals surface area contributed by atoms with E-state index in [1.807, 2.05) is 6.92 Å². The number of carbonyl (C=O) groups is 1. The zero-order valence-electron chi connectivity index (χ0n) is 11.4. The number of hydrogen-bond donors (Lipinski definition) is 1. The second kappa shape index (κ2) is 7.27. The van der Waals surface area contributed by atoms with Crippen molar-refractivity contribution in [2.75, 3.05) is 14.2 Å². The molecule has 1 N–H and O–H groups in total. The van der Waals surface area contributed by atoms with Gasteiger partial charge in [-0.2, -0.15) is 5.26 Å². The first-order chi connectivity index (χ1) is 9.14. The Labute approximate surface area is 113 Å². The lowest BCUT2D eigenvalue weighted by molar-refractivity contribution is 0.0943. The van der Waals surface area contributed by atoms with Gasteiger partial charge in [0.25, 0.3) is 5.91 Å². The number of carbonyl (C=O) groups excluding carboxylic acids is 1. The number of methoxy groups -OCH3 is 2. The molecule has 0 saturated heterocycles. The summed E-state index contributed by atoms with van der Waals surface area (Å²) in [5.41, 5.74) is 0.410. The Bertz CT molecular complexity index is 458. The second-order valence-corrected chi connectivity index (χ2v) is 4.05. The highest BCUT2D eigenvalue weighted by molar-refractivity contribution is 5.95. The molecule has 0 heterocycles. The molecule has 0 saturated carbocycles. The monoisotopic (exact) mass is 262 g/mol. The van der Waals surface area contributed by atoms with Gasteiger partial charge in [-0.1, -0.05) is 13.3 Å². The normalized spacial score (nSPS) is 11.3. The maximum absolute atomic E-state index is 12.1. The van der Waals surface area contributed by atoms with Crippen molar-refractivity contribution in [3.8, 4) is 17.6 Å². The van der Waals surface area contributed by atoms with Gasteiger partial charge < -0.3 is 14.8 Å². The van der Waals surface area contributed by atoms with Crippen molar-refractivity contribution in [3.05, 3.63) is 23.8 Å². The van der Waals surface area contributed by atoms with E-state index in [2.05, 4.69) is 11.4 Å². The molecule has 0 radical (unpaired) electrons. The van der Waals surface area contributed by atoms with Crippen molar-refractivity contribution in [3.63, 3.8) is 0 Å². The first-order valence-corrected chi connectivity index (χ1v) is 6.08. The Morgan fingerprint density at radius 2 is 1.89 bits per heavy atom. The molecule has 0 aliphatic rings. The van der Waals surface area contributed by atoms with Crippen LogP contribution < -0.4 is 14.8 Å². The highest BCUT2D eigenvalue weighted by atomic mass is 16.5. The van der Waals surface area contributed by atoms with Gasteiger partial charge in [-0.3, -0.25) is 4.79 Å². The first kappa shape index (κ1) is 14.8. The van der Waals surface area contributed by atoms with E-state index >= 15 is 0 Å². The molecule has 1 rings (SSSR count). The zero-order chi connectivity index (χ0) is 14.3. The summed E-state index contributed by atoms with van der Waals surface area (Å²) in [6.07, 6.45) is 1.46.